The molecule has 2 rings (SSSR count). The predicted octanol–water partition coefficient (Wildman–Crippen LogP) is 4.32. The average Bonchev–Trinajstić information content (AvgIpc) is 2.66. The number of halogens is 1. The fourth-order valence-electron chi connectivity index (χ4n) is 3.38. The molecule has 5 heteroatoms. The van der Waals surface area contributed by atoms with Crippen molar-refractivity contribution in [1.82, 2.24) is 10.2 Å². The molecule has 156 valence electrons. The molecule has 29 heavy (non-hydrogen) atoms. The summed E-state index contributed by atoms with van der Waals surface area (Å²) in [7, 11) is 0. The van der Waals surface area contributed by atoms with Gasteiger partial charge in [-0.15, -0.1) is 0 Å². The molecule has 4 nitrogen and oxygen atoms in total. The smallest absolute Gasteiger partial charge is 0.242 e. The van der Waals surface area contributed by atoms with Crippen molar-refractivity contribution in [3.63, 3.8) is 0 Å². The number of benzene rings is 2. The van der Waals surface area contributed by atoms with Gasteiger partial charge < -0.3 is 10.2 Å². The van der Waals surface area contributed by atoms with Crippen molar-refractivity contribution in [2.45, 2.75) is 59.5 Å². The molecule has 0 bridgehead atoms. The fourth-order valence-corrected chi connectivity index (χ4v) is 3.38. The van der Waals surface area contributed by atoms with E-state index in [0.717, 1.165) is 29.5 Å². The van der Waals surface area contributed by atoms with E-state index in [1.807, 2.05) is 32.9 Å². The molecule has 1 atom stereocenters. The molecule has 0 spiro atoms. The summed E-state index contributed by atoms with van der Waals surface area (Å²) < 4.78 is 14.2. The zero-order valence-electron chi connectivity index (χ0n) is 17.8. The van der Waals surface area contributed by atoms with Gasteiger partial charge in [0.15, 0.2) is 0 Å². The second-order valence-corrected chi connectivity index (χ2v) is 7.61. The highest BCUT2D eigenvalue weighted by atomic mass is 19.1. The van der Waals surface area contributed by atoms with Crippen molar-refractivity contribution in [3.8, 4) is 0 Å². The highest BCUT2D eigenvalue weighted by Gasteiger charge is 2.26. The lowest BCUT2D eigenvalue weighted by Crippen LogP contribution is -2.48. The SMILES string of the molecule is CCCCNC(=O)C(C)N(Cc1ccccc1F)C(=O)Cc1cc(C)cc(C)c1. The van der Waals surface area contributed by atoms with Gasteiger partial charge in [-0.1, -0.05) is 60.9 Å². The molecule has 0 radical (unpaired) electrons. The number of unbranched alkanes of at least 4 members (excludes halogenated alkanes) is 1. The second kappa shape index (κ2) is 10.7. The topological polar surface area (TPSA) is 49.4 Å². The minimum absolute atomic E-state index is 0.0542. The molecular weight excluding hydrogens is 367 g/mol. The van der Waals surface area contributed by atoms with Crippen molar-refractivity contribution in [1.29, 1.82) is 0 Å². The molecule has 0 aromatic heterocycles. The number of rotatable bonds is 9. The normalized spacial score (nSPS) is 11.8. The maximum atomic E-state index is 14.2. The molecule has 1 unspecified atom stereocenters. The van der Waals surface area contributed by atoms with E-state index in [1.165, 1.54) is 11.0 Å². The number of hydrogen-bond donors (Lipinski definition) is 1. The average molecular weight is 399 g/mol. The van der Waals surface area contributed by atoms with E-state index in [1.54, 1.807) is 25.1 Å². The quantitative estimate of drug-likeness (QED) is 0.640. The molecule has 2 aromatic carbocycles. The van der Waals surface area contributed by atoms with Crippen molar-refractivity contribution < 1.29 is 14.0 Å². The summed E-state index contributed by atoms with van der Waals surface area (Å²) >= 11 is 0. The Bertz CT molecular complexity index is 830. The van der Waals surface area contributed by atoms with Crippen molar-refractivity contribution in [2.75, 3.05) is 6.54 Å². The molecule has 0 aliphatic heterocycles. The monoisotopic (exact) mass is 398 g/mol. The Morgan fingerprint density at radius 1 is 1.10 bits per heavy atom. The standard InChI is InChI=1S/C24H31FN2O2/c1-5-6-11-26-24(29)19(4)27(16-21-9-7-8-10-22(21)25)23(28)15-20-13-17(2)12-18(3)14-20/h7-10,12-14,19H,5-6,11,15-16H2,1-4H3,(H,26,29). The van der Waals surface area contributed by atoms with Crippen LogP contribution in [0.25, 0.3) is 0 Å². The molecule has 0 fully saturated rings. The molecule has 0 saturated heterocycles. The number of carbonyl (C=O) groups excluding carboxylic acids is 2. The van der Waals surface area contributed by atoms with Gasteiger partial charge in [0, 0.05) is 18.7 Å². The Labute approximate surface area is 173 Å². The lowest BCUT2D eigenvalue weighted by molar-refractivity contribution is -0.140. The number of hydrogen-bond acceptors (Lipinski definition) is 2. The number of amides is 2. The van der Waals surface area contributed by atoms with Crippen LogP contribution in [0.2, 0.25) is 0 Å². The van der Waals surface area contributed by atoms with E-state index in [2.05, 4.69) is 11.4 Å². The van der Waals surface area contributed by atoms with Crippen LogP contribution in [-0.4, -0.2) is 29.3 Å². The molecular formula is C24H31FN2O2. The maximum absolute atomic E-state index is 14.2. The Morgan fingerprint density at radius 2 is 1.76 bits per heavy atom. The first-order chi connectivity index (χ1) is 13.8. The fraction of sp³-hybridized carbons (Fsp3) is 0.417. The Hall–Kier alpha value is -2.69. The van der Waals surface area contributed by atoms with E-state index in [4.69, 9.17) is 0 Å². The zero-order chi connectivity index (χ0) is 21.4. The summed E-state index contributed by atoms with van der Waals surface area (Å²) in [6.45, 7) is 8.34. The Kier molecular flexibility index (Phi) is 8.37. The third-order valence-corrected chi connectivity index (χ3v) is 4.93. The van der Waals surface area contributed by atoms with E-state index in [0.29, 0.717) is 12.1 Å². The molecule has 0 heterocycles. The van der Waals surface area contributed by atoms with Crippen LogP contribution in [0.4, 0.5) is 4.39 Å². The summed E-state index contributed by atoms with van der Waals surface area (Å²) in [4.78, 5) is 27.2. The van der Waals surface area contributed by atoms with Gasteiger partial charge in [-0.05, 0) is 38.8 Å². The summed E-state index contributed by atoms with van der Waals surface area (Å²) in [6, 6.07) is 11.7. The Balaban J connectivity index is 2.23. The summed E-state index contributed by atoms with van der Waals surface area (Å²) in [6.07, 6.45) is 2.02. The van der Waals surface area contributed by atoms with Gasteiger partial charge in [0.1, 0.15) is 11.9 Å². The summed E-state index contributed by atoms with van der Waals surface area (Å²) in [5.74, 6) is -0.796. The van der Waals surface area contributed by atoms with Gasteiger partial charge in [-0.25, -0.2) is 4.39 Å². The summed E-state index contributed by atoms with van der Waals surface area (Å²) in [5, 5.41) is 2.87. The third kappa shape index (κ3) is 6.70. The lowest BCUT2D eigenvalue weighted by atomic mass is 10.0. The van der Waals surface area contributed by atoms with Gasteiger partial charge in [0.05, 0.1) is 6.42 Å². The minimum Gasteiger partial charge on any atom is -0.354 e. The van der Waals surface area contributed by atoms with Crippen LogP contribution in [0.15, 0.2) is 42.5 Å². The van der Waals surface area contributed by atoms with Crippen LogP contribution < -0.4 is 5.32 Å². The molecule has 0 saturated carbocycles. The predicted molar refractivity (Wildman–Crippen MR) is 114 cm³/mol. The van der Waals surface area contributed by atoms with Gasteiger partial charge in [0.2, 0.25) is 11.8 Å². The number of carbonyl (C=O) groups is 2. The maximum Gasteiger partial charge on any atom is 0.242 e. The van der Waals surface area contributed by atoms with Crippen LogP contribution in [-0.2, 0) is 22.6 Å². The van der Waals surface area contributed by atoms with Crippen molar-refractivity contribution >= 4 is 11.8 Å². The van der Waals surface area contributed by atoms with E-state index >= 15 is 0 Å². The van der Waals surface area contributed by atoms with Crippen molar-refractivity contribution in [2.24, 2.45) is 0 Å². The largest absolute Gasteiger partial charge is 0.354 e. The van der Waals surface area contributed by atoms with Crippen LogP contribution in [0.1, 0.15) is 48.9 Å². The Morgan fingerprint density at radius 3 is 2.38 bits per heavy atom. The van der Waals surface area contributed by atoms with Crippen LogP contribution in [0.5, 0.6) is 0 Å². The first-order valence-corrected chi connectivity index (χ1v) is 10.2. The first-order valence-electron chi connectivity index (χ1n) is 10.2. The minimum atomic E-state index is -0.690. The lowest BCUT2D eigenvalue weighted by Gasteiger charge is -2.29. The highest BCUT2D eigenvalue weighted by molar-refractivity contribution is 5.88. The van der Waals surface area contributed by atoms with E-state index in [9.17, 15) is 14.0 Å². The number of nitrogens with zero attached hydrogens (tertiary/aromatic N) is 1. The van der Waals surface area contributed by atoms with Crippen LogP contribution >= 0.6 is 0 Å². The first kappa shape index (κ1) is 22.6. The zero-order valence-corrected chi connectivity index (χ0v) is 17.8. The van der Waals surface area contributed by atoms with E-state index in [-0.39, 0.29) is 30.6 Å². The molecule has 2 aromatic rings. The van der Waals surface area contributed by atoms with Gasteiger partial charge in [-0.3, -0.25) is 9.59 Å². The number of aryl methyl sites for hydroxylation is 2. The van der Waals surface area contributed by atoms with Gasteiger partial charge in [-0.2, -0.15) is 0 Å². The molecule has 2 amide bonds. The van der Waals surface area contributed by atoms with Gasteiger partial charge >= 0.3 is 0 Å². The molecule has 0 aliphatic carbocycles. The van der Waals surface area contributed by atoms with Crippen LogP contribution in [0, 0.1) is 19.7 Å². The number of nitrogens with one attached hydrogen (secondary N) is 1. The third-order valence-electron chi connectivity index (χ3n) is 4.93. The van der Waals surface area contributed by atoms with Gasteiger partial charge in [0.25, 0.3) is 0 Å². The van der Waals surface area contributed by atoms with Crippen molar-refractivity contribution in [3.05, 3.63) is 70.5 Å². The van der Waals surface area contributed by atoms with E-state index < -0.39 is 6.04 Å². The summed E-state index contributed by atoms with van der Waals surface area (Å²) in [5.41, 5.74) is 3.46. The van der Waals surface area contributed by atoms with Crippen LogP contribution in [0.3, 0.4) is 0 Å². The molecule has 0 aliphatic rings. The molecule has 1 N–H and O–H groups in total. The highest BCUT2D eigenvalue weighted by Crippen LogP contribution is 2.16. The second-order valence-electron chi connectivity index (χ2n) is 7.61.